The van der Waals surface area contributed by atoms with Gasteiger partial charge in [-0.25, -0.2) is 14.2 Å². The molecule has 1 aromatic carbocycles. The van der Waals surface area contributed by atoms with Crippen LogP contribution in [0.25, 0.3) is 0 Å². The van der Waals surface area contributed by atoms with Crippen molar-refractivity contribution in [1.82, 2.24) is 9.88 Å². The lowest BCUT2D eigenvalue weighted by atomic mass is 10.3. The molecule has 2 heterocycles. The molecule has 5 nitrogen and oxygen atoms in total. The molecule has 9 heteroatoms. The first kappa shape index (κ1) is 19.0. The molecule has 1 aliphatic rings. The molecule has 2 aromatic rings. The van der Waals surface area contributed by atoms with Crippen LogP contribution in [0.1, 0.15) is 6.42 Å². The van der Waals surface area contributed by atoms with Crippen molar-refractivity contribution in [3.05, 3.63) is 51.5 Å². The van der Waals surface area contributed by atoms with E-state index in [2.05, 4.69) is 15.2 Å². The fraction of sp³-hybridized carbons (Fsp3) is 0.294. The van der Waals surface area contributed by atoms with Crippen LogP contribution >= 0.6 is 34.8 Å². The maximum atomic E-state index is 13.2. The van der Waals surface area contributed by atoms with Crippen LogP contribution in [-0.2, 0) is 0 Å². The van der Waals surface area contributed by atoms with Gasteiger partial charge in [0.25, 0.3) is 0 Å². The number of pyridine rings is 1. The summed E-state index contributed by atoms with van der Waals surface area (Å²) in [5.41, 5.74) is 1.26. The number of aromatic nitrogens is 1. The standard InChI is InChI=1S/C17H16Cl3FN4O/c18-12-8-11(2-3-14(12)21)23-17(26)25-5-1-4-24(6-7-25)15-9-16(20)22-10-13(15)19/h2-3,8-10H,1,4-7H2,(H,23,26). The zero-order valence-electron chi connectivity index (χ0n) is 13.7. The van der Waals surface area contributed by atoms with E-state index in [-0.39, 0.29) is 11.1 Å². The average Bonchev–Trinajstić information content (AvgIpc) is 2.86. The van der Waals surface area contributed by atoms with E-state index in [1.807, 2.05) is 0 Å². The summed E-state index contributed by atoms with van der Waals surface area (Å²) >= 11 is 17.9. The Morgan fingerprint density at radius 3 is 2.65 bits per heavy atom. The number of carbonyl (C=O) groups is 1. The molecule has 0 atom stereocenters. The number of hydrogen-bond donors (Lipinski definition) is 1. The van der Waals surface area contributed by atoms with Crippen molar-refractivity contribution in [3.8, 4) is 0 Å². The lowest BCUT2D eigenvalue weighted by molar-refractivity contribution is 0.215. The van der Waals surface area contributed by atoms with Crippen LogP contribution in [0.2, 0.25) is 15.2 Å². The SMILES string of the molecule is O=C(Nc1ccc(F)c(Cl)c1)N1CCCN(c2cc(Cl)ncc2Cl)CC1. The van der Waals surface area contributed by atoms with Crippen LogP contribution in [0.5, 0.6) is 0 Å². The van der Waals surface area contributed by atoms with Gasteiger partial charge in [-0.3, -0.25) is 0 Å². The van der Waals surface area contributed by atoms with Crippen molar-refractivity contribution in [2.75, 3.05) is 36.4 Å². The molecule has 0 saturated carbocycles. The highest BCUT2D eigenvalue weighted by Crippen LogP contribution is 2.28. The van der Waals surface area contributed by atoms with Gasteiger partial charge in [0, 0.05) is 44.1 Å². The summed E-state index contributed by atoms with van der Waals surface area (Å²) in [6.07, 6.45) is 2.29. The maximum Gasteiger partial charge on any atom is 0.321 e. The fourth-order valence-electron chi connectivity index (χ4n) is 2.78. The predicted octanol–water partition coefficient (Wildman–Crippen LogP) is 4.93. The van der Waals surface area contributed by atoms with E-state index in [1.54, 1.807) is 11.0 Å². The second-order valence-corrected chi connectivity index (χ2v) is 7.05. The molecule has 1 saturated heterocycles. The van der Waals surface area contributed by atoms with E-state index in [1.165, 1.54) is 24.4 Å². The molecule has 138 valence electrons. The Morgan fingerprint density at radius 1 is 1.08 bits per heavy atom. The Bertz CT molecular complexity index is 821. The first-order valence-corrected chi connectivity index (χ1v) is 9.14. The highest BCUT2D eigenvalue weighted by atomic mass is 35.5. The normalized spacial score (nSPS) is 14.9. The van der Waals surface area contributed by atoms with Gasteiger partial charge in [-0.05, 0) is 24.6 Å². The van der Waals surface area contributed by atoms with E-state index in [0.717, 1.165) is 18.7 Å². The molecular formula is C17H16Cl3FN4O. The molecule has 3 rings (SSSR count). The molecule has 2 amide bonds. The van der Waals surface area contributed by atoms with Gasteiger partial charge >= 0.3 is 6.03 Å². The highest BCUT2D eigenvalue weighted by Gasteiger charge is 2.21. The van der Waals surface area contributed by atoms with Gasteiger partial charge in [0.2, 0.25) is 0 Å². The van der Waals surface area contributed by atoms with Gasteiger partial charge in [0.05, 0.1) is 15.7 Å². The van der Waals surface area contributed by atoms with Crippen molar-refractivity contribution in [2.45, 2.75) is 6.42 Å². The maximum absolute atomic E-state index is 13.2. The lowest BCUT2D eigenvalue weighted by Crippen LogP contribution is -2.38. The van der Waals surface area contributed by atoms with Gasteiger partial charge in [-0.2, -0.15) is 0 Å². The third-order valence-corrected chi connectivity index (χ3v) is 4.88. The number of halogens is 4. The molecule has 0 aliphatic carbocycles. The van der Waals surface area contributed by atoms with Crippen LogP contribution in [0.15, 0.2) is 30.5 Å². The van der Waals surface area contributed by atoms with Crippen molar-refractivity contribution in [3.63, 3.8) is 0 Å². The van der Waals surface area contributed by atoms with Crippen molar-refractivity contribution in [2.24, 2.45) is 0 Å². The number of benzene rings is 1. The quantitative estimate of drug-likeness (QED) is 0.705. The lowest BCUT2D eigenvalue weighted by Gasteiger charge is -2.24. The van der Waals surface area contributed by atoms with Gasteiger partial charge in [-0.1, -0.05) is 34.8 Å². The number of hydrogen-bond acceptors (Lipinski definition) is 3. The molecule has 1 fully saturated rings. The number of urea groups is 1. The second-order valence-electron chi connectivity index (χ2n) is 5.85. The number of amides is 2. The van der Waals surface area contributed by atoms with Gasteiger partial charge in [0.15, 0.2) is 0 Å². The van der Waals surface area contributed by atoms with Gasteiger partial charge < -0.3 is 15.1 Å². The first-order chi connectivity index (χ1) is 12.4. The minimum atomic E-state index is -0.525. The Kier molecular flexibility index (Phi) is 6.06. The summed E-state index contributed by atoms with van der Waals surface area (Å²) in [5, 5.41) is 3.60. The summed E-state index contributed by atoms with van der Waals surface area (Å²) in [6, 6.07) is 5.55. The predicted molar refractivity (Wildman–Crippen MR) is 103 cm³/mol. The third-order valence-electron chi connectivity index (χ3n) is 4.10. The molecule has 0 bridgehead atoms. The Labute approximate surface area is 165 Å². The molecule has 0 unspecified atom stereocenters. The number of nitrogens with zero attached hydrogens (tertiary/aromatic N) is 3. The monoisotopic (exact) mass is 416 g/mol. The summed E-state index contributed by atoms with van der Waals surface area (Å²) in [5.74, 6) is -0.525. The third kappa shape index (κ3) is 4.50. The summed E-state index contributed by atoms with van der Waals surface area (Å²) in [4.78, 5) is 20.2. The summed E-state index contributed by atoms with van der Waals surface area (Å²) in [6.45, 7) is 2.45. The Balaban J connectivity index is 1.65. The molecule has 0 spiro atoms. The largest absolute Gasteiger partial charge is 0.368 e. The van der Waals surface area contributed by atoms with E-state index >= 15 is 0 Å². The van der Waals surface area contributed by atoms with Crippen molar-refractivity contribution >= 4 is 52.2 Å². The molecule has 26 heavy (non-hydrogen) atoms. The van der Waals surface area contributed by atoms with E-state index in [9.17, 15) is 9.18 Å². The second kappa shape index (κ2) is 8.29. The Hall–Kier alpha value is -1.76. The zero-order valence-corrected chi connectivity index (χ0v) is 16.0. The van der Waals surface area contributed by atoms with Crippen molar-refractivity contribution < 1.29 is 9.18 Å². The van der Waals surface area contributed by atoms with Crippen LogP contribution in [0, 0.1) is 5.82 Å². The average molecular weight is 418 g/mol. The highest BCUT2D eigenvalue weighted by molar-refractivity contribution is 6.34. The number of nitrogens with one attached hydrogen (secondary N) is 1. The van der Waals surface area contributed by atoms with Gasteiger partial charge in [0.1, 0.15) is 11.0 Å². The zero-order chi connectivity index (χ0) is 18.7. The summed E-state index contributed by atoms with van der Waals surface area (Å²) < 4.78 is 13.2. The Morgan fingerprint density at radius 2 is 1.88 bits per heavy atom. The number of carbonyl (C=O) groups excluding carboxylic acids is 1. The number of rotatable bonds is 2. The molecule has 0 radical (unpaired) electrons. The fourth-order valence-corrected chi connectivity index (χ4v) is 3.34. The topological polar surface area (TPSA) is 48.5 Å². The molecule has 1 aromatic heterocycles. The van der Waals surface area contributed by atoms with Crippen LogP contribution in [0.4, 0.5) is 20.6 Å². The molecule has 1 N–H and O–H groups in total. The van der Waals surface area contributed by atoms with Crippen molar-refractivity contribution in [1.29, 1.82) is 0 Å². The van der Waals surface area contributed by atoms with Crippen LogP contribution in [0.3, 0.4) is 0 Å². The molecule has 1 aliphatic heterocycles. The smallest absolute Gasteiger partial charge is 0.321 e. The number of anilines is 2. The summed E-state index contributed by atoms with van der Waals surface area (Å²) in [7, 11) is 0. The van der Waals surface area contributed by atoms with Gasteiger partial charge in [-0.15, -0.1) is 0 Å². The molecular weight excluding hydrogens is 402 g/mol. The van der Waals surface area contributed by atoms with E-state index < -0.39 is 5.82 Å². The van der Waals surface area contributed by atoms with E-state index in [0.29, 0.717) is 35.5 Å². The van der Waals surface area contributed by atoms with E-state index in [4.69, 9.17) is 34.8 Å². The first-order valence-electron chi connectivity index (χ1n) is 8.01. The minimum absolute atomic E-state index is 0.0333. The van der Waals surface area contributed by atoms with Crippen LogP contribution < -0.4 is 10.2 Å². The van der Waals surface area contributed by atoms with Crippen LogP contribution in [-0.4, -0.2) is 42.1 Å². The minimum Gasteiger partial charge on any atom is -0.368 e.